The summed E-state index contributed by atoms with van der Waals surface area (Å²) in [4.78, 5) is 83.5. The van der Waals surface area contributed by atoms with Gasteiger partial charge in [-0.2, -0.15) is 9.59 Å². The van der Waals surface area contributed by atoms with Gasteiger partial charge in [0.15, 0.2) is 28.8 Å². The van der Waals surface area contributed by atoms with Crippen molar-refractivity contribution in [3.8, 4) is 0 Å². The number of hydrogen-bond donors (Lipinski definition) is 0. The molecule has 51 heavy (non-hydrogen) atoms. The highest BCUT2D eigenvalue weighted by molar-refractivity contribution is 6.19. The highest BCUT2D eigenvalue weighted by Gasteiger charge is 2.55. The smallest absolute Gasteiger partial charge is 0.300 e. The zero-order chi connectivity index (χ0) is 37.7. The maximum atomic E-state index is 13.2. The molecule has 268 valence electrons. The Kier molecular flexibility index (Phi) is 12.8. The molecule has 0 radical (unpaired) electrons. The van der Waals surface area contributed by atoms with Crippen LogP contribution < -0.4 is 0 Å². The van der Waals surface area contributed by atoms with Gasteiger partial charge in [0.25, 0.3) is 0 Å². The quantitative estimate of drug-likeness (QED) is 0.220. The number of carbonyl (C=O) groups excluding carboxylic acids is 7. The second-order valence-corrected chi connectivity index (χ2v) is 14.3. The predicted molar refractivity (Wildman–Crippen MR) is 192 cm³/mol. The normalized spacial score (nSPS) is 24.7. The number of rotatable bonds is 7. The Labute approximate surface area is 301 Å². The molecule has 4 saturated carbocycles. The van der Waals surface area contributed by atoms with E-state index in [-0.39, 0.29) is 71.6 Å². The fraction of sp³-hybridized carbons (Fsp3) is 0.512. The standard InChI is InChI=1S/C23H27NO2.C19H22O3.CO2/c1-6-14-9-13(4)10-15(7-2)20(14)21-22(25)17-11-16(19(8-3)24-5)12-18(17)23(21)26;1-4-11-6-10(3)7-12(5-2)16(11)17-18(21)14-8-13(20)9-15(14)19(17)22;2-1-3/h9-10,17-18,21H,6-8,11-12H2,1-4H3;6-7,14-15,17H,4-5,8-9H2,1-3H3;. The van der Waals surface area contributed by atoms with Gasteiger partial charge in [-0.05, 0) is 92.2 Å². The molecule has 0 N–H and O–H groups in total. The number of ketones is 5. The van der Waals surface area contributed by atoms with Crippen LogP contribution in [0, 0.1) is 44.1 Å². The van der Waals surface area contributed by atoms with Crippen LogP contribution in [-0.2, 0) is 59.2 Å². The van der Waals surface area contributed by atoms with Crippen LogP contribution in [0.15, 0.2) is 35.5 Å². The third-order valence-electron chi connectivity index (χ3n) is 11.4. The highest BCUT2D eigenvalue weighted by atomic mass is 16.2. The van der Waals surface area contributed by atoms with Gasteiger partial charge in [0.1, 0.15) is 17.6 Å². The zero-order valence-electron chi connectivity index (χ0n) is 30.9. The molecule has 2 aromatic carbocycles. The summed E-state index contributed by atoms with van der Waals surface area (Å²) in [5.41, 5.74) is 10.6. The lowest BCUT2D eigenvalue weighted by Gasteiger charge is -2.20. The van der Waals surface area contributed by atoms with E-state index in [2.05, 4.69) is 63.7 Å². The molecule has 4 fully saturated rings. The van der Waals surface area contributed by atoms with Crippen molar-refractivity contribution in [3.63, 3.8) is 0 Å². The number of nitrogens with zero attached hydrogens (tertiary/aromatic N) is 1. The van der Waals surface area contributed by atoms with Crippen molar-refractivity contribution >= 4 is 35.1 Å². The summed E-state index contributed by atoms with van der Waals surface area (Å²) in [6.45, 7) is 21.7. The van der Waals surface area contributed by atoms with Crippen LogP contribution in [0.2, 0.25) is 0 Å². The average molecular weight is 692 g/mol. The molecule has 0 amide bonds. The topological polar surface area (TPSA) is 124 Å². The van der Waals surface area contributed by atoms with Gasteiger partial charge in [-0.15, -0.1) is 0 Å². The number of hydrogen-bond acceptors (Lipinski definition) is 7. The van der Waals surface area contributed by atoms with Crippen LogP contribution in [0.3, 0.4) is 0 Å². The minimum absolute atomic E-state index is 0.0193. The van der Waals surface area contributed by atoms with E-state index in [0.29, 0.717) is 19.3 Å². The largest absolute Gasteiger partial charge is 0.373 e. The van der Waals surface area contributed by atoms with E-state index in [1.54, 1.807) is 0 Å². The van der Waals surface area contributed by atoms with Crippen molar-refractivity contribution in [2.24, 2.45) is 23.7 Å². The lowest BCUT2D eigenvalue weighted by atomic mass is 9.83. The van der Waals surface area contributed by atoms with E-state index in [0.717, 1.165) is 70.3 Å². The number of allylic oxidation sites excluding steroid dienone is 2. The Hall–Kier alpha value is -4.60. The first kappa shape index (κ1) is 39.2. The van der Waals surface area contributed by atoms with E-state index in [1.165, 1.54) is 11.1 Å². The molecule has 0 aliphatic heterocycles. The number of fused-ring (bicyclic) bond motifs is 2. The molecule has 6 rings (SSSR count). The Morgan fingerprint density at radius 2 is 0.902 bits per heavy atom. The average Bonchev–Trinajstić information content (AvgIpc) is 3.83. The maximum Gasteiger partial charge on any atom is 0.373 e. The molecule has 4 aliphatic rings. The highest BCUT2D eigenvalue weighted by Crippen LogP contribution is 2.50. The predicted octanol–water partition coefficient (Wildman–Crippen LogP) is 7.33. The monoisotopic (exact) mass is 691 g/mol. The van der Waals surface area contributed by atoms with Crippen LogP contribution in [-0.4, -0.2) is 35.1 Å². The molecule has 4 atom stereocenters. The van der Waals surface area contributed by atoms with Crippen LogP contribution >= 0.6 is 0 Å². The van der Waals surface area contributed by atoms with Gasteiger partial charge in [0.05, 0.1) is 6.57 Å². The van der Waals surface area contributed by atoms with Crippen molar-refractivity contribution in [2.75, 3.05) is 0 Å². The van der Waals surface area contributed by atoms with Crippen molar-refractivity contribution in [3.05, 3.63) is 91.5 Å². The van der Waals surface area contributed by atoms with Gasteiger partial charge in [-0.3, -0.25) is 24.0 Å². The number of aryl methyl sites for hydroxylation is 6. The Balaban J connectivity index is 0.000000215. The van der Waals surface area contributed by atoms with Crippen LogP contribution in [0.1, 0.15) is 123 Å². The van der Waals surface area contributed by atoms with E-state index in [9.17, 15) is 24.0 Å². The second kappa shape index (κ2) is 16.6. The fourth-order valence-electron chi connectivity index (χ4n) is 9.12. The Morgan fingerprint density at radius 3 is 1.16 bits per heavy atom. The fourth-order valence-corrected chi connectivity index (χ4v) is 9.12. The van der Waals surface area contributed by atoms with E-state index in [4.69, 9.17) is 16.2 Å². The molecule has 4 unspecified atom stereocenters. The van der Waals surface area contributed by atoms with Crippen LogP contribution in [0.4, 0.5) is 0 Å². The van der Waals surface area contributed by atoms with Crippen molar-refractivity contribution in [1.29, 1.82) is 0 Å². The second-order valence-electron chi connectivity index (χ2n) is 14.3. The van der Waals surface area contributed by atoms with E-state index in [1.807, 2.05) is 13.8 Å². The zero-order valence-corrected chi connectivity index (χ0v) is 30.9. The van der Waals surface area contributed by atoms with Crippen LogP contribution in [0.5, 0.6) is 0 Å². The summed E-state index contributed by atoms with van der Waals surface area (Å²) in [7, 11) is 0. The molecular formula is C43H49NO7. The molecule has 8 nitrogen and oxygen atoms in total. The molecule has 0 aromatic heterocycles. The summed E-state index contributed by atoms with van der Waals surface area (Å²) in [6.07, 6.45) is 5.96. The minimum Gasteiger partial charge on any atom is -0.300 e. The number of carbonyl (C=O) groups is 5. The molecule has 0 heterocycles. The Morgan fingerprint density at radius 1 is 0.608 bits per heavy atom. The van der Waals surface area contributed by atoms with Gasteiger partial charge in [0.2, 0.25) is 0 Å². The van der Waals surface area contributed by atoms with Crippen molar-refractivity contribution < 1.29 is 33.6 Å². The van der Waals surface area contributed by atoms with Gasteiger partial charge >= 0.3 is 6.15 Å². The first-order valence-electron chi connectivity index (χ1n) is 18.3. The Bertz CT molecular complexity index is 1770. The summed E-state index contributed by atoms with van der Waals surface area (Å²) in [5, 5.41) is 0. The minimum atomic E-state index is -0.631. The lowest BCUT2D eigenvalue weighted by Crippen LogP contribution is -2.20. The lowest BCUT2D eigenvalue weighted by molar-refractivity contribution is -0.191. The van der Waals surface area contributed by atoms with Gasteiger partial charge in [-0.1, -0.05) is 75.6 Å². The molecule has 4 aliphatic carbocycles. The number of benzene rings is 2. The molecule has 8 heteroatoms. The maximum absolute atomic E-state index is 13.2. The molecule has 2 aromatic rings. The molecular weight excluding hydrogens is 642 g/mol. The van der Waals surface area contributed by atoms with Gasteiger partial charge in [-0.25, -0.2) is 4.85 Å². The van der Waals surface area contributed by atoms with Crippen molar-refractivity contribution in [1.82, 2.24) is 0 Å². The van der Waals surface area contributed by atoms with Crippen molar-refractivity contribution in [2.45, 2.75) is 118 Å². The molecule has 0 bridgehead atoms. The summed E-state index contributed by atoms with van der Waals surface area (Å²) < 4.78 is 0. The SMILES string of the molecule is CCc1cc(C)cc(CC)c1C1C(=O)C2CC(=O)CC2C1=O.O=C=O.[C-]#[N+]C(CC)=C1CC2C(=O)C(c3c(CC)cc(C)cc3CC)C(=O)C2C1. The van der Waals surface area contributed by atoms with Gasteiger partial charge in [0, 0.05) is 36.5 Å². The summed E-state index contributed by atoms with van der Waals surface area (Å²) in [5.74, 6) is -2.19. The van der Waals surface area contributed by atoms with Crippen LogP contribution in [0.25, 0.3) is 4.85 Å². The van der Waals surface area contributed by atoms with E-state index >= 15 is 0 Å². The third kappa shape index (κ3) is 7.41. The first-order valence-corrected chi connectivity index (χ1v) is 18.3. The first-order chi connectivity index (χ1) is 24.3. The molecule has 0 spiro atoms. The summed E-state index contributed by atoms with van der Waals surface area (Å²) in [6, 6.07) is 8.44. The third-order valence-corrected chi connectivity index (χ3v) is 11.4. The van der Waals surface area contributed by atoms with Gasteiger partial charge < -0.3 is 0 Å². The summed E-state index contributed by atoms with van der Waals surface area (Å²) >= 11 is 0. The number of Topliss-reactive ketones (excluding diaryl/α,β-unsaturated/α-hetero) is 5. The van der Waals surface area contributed by atoms with E-state index < -0.39 is 11.8 Å². The molecule has 0 saturated heterocycles.